The Balaban J connectivity index is 1.19. The molecule has 2 saturated carbocycles. The first kappa shape index (κ1) is 22.3. The number of thiazole rings is 1. The lowest BCUT2D eigenvalue weighted by Gasteiger charge is -2.29. The average molecular weight is 499 g/mol. The molecular weight excluding hydrogens is 474 g/mol. The van der Waals surface area contributed by atoms with Crippen LogP contribution in [0.25, 0.3) is 21.3 Å². The summed E-state index contributed by atoms with van der Waals surface area (Å²) in [4.78, 5) is 35.5. The van der Waals surface area contributed by atoms with E-state index in [2.05, 4.69) is 15.3 Å². The van der Waals surface area contributed by atoms with Crippen molar-refractivity contribution in [1.29, 1.82) is 0 Å². The Kier molecular flexibility index (Phi) is 5.43. The molecule has 3 aliphatic rings. The maximum atomic E-state index is 13.4. The number of carbonyl (C=O) groups excluding carboxylic acids is 2. The summed E-state index contributed by atoms with van der Waals surface area (Å²) in [5, 5.41) is 3.49. The average Bonchev–Trinajstić information content (AvgIpc) is 3.48. The summed E-state index contributed by atoms with van der Waals surface area (Å²) in [5.74, 6) is -2.52. The van der Waals surface area contributed by atoms with Crippen molar-refractivity contribution >= 4 is 44.4 Å². The van der Waals surface area contributed by atoms with Crippen LogP contribution >= 0.6 is 11.3 Å². The first-order valence-corrected chi connectivity index (χ1v) is 12.7. The molecule has 2 aliphatic carbocycles. The topological polar surface area (TPSA) is 84.4 Å². The van der Waals surface area contributed by atoms with Gasteiger partial charge in [-0.3, -0.25) is 14.7 Å². The monoisotopic (exact) mass is 498 g/mol. The lowest BCUT2D eigenvalue weighted by Crippen LogP contribution is -2.36. The van der Waals surface area contributed by atoms with Gasteiger partial charge in [-0.2, -0.15) is 0 Å². The number of pyridine rings is 1. The predicted octanol–water partition coefficient (Wildman–Crippen LogP) is 5.78. The highest BCUT2D eigenvalue weighted by molar-refractivity contribution is 7.22. The summed E-state index contributed by atoms with van der Waals surface area (Å²) in [5.41, 5.74) is 4.08. The van der Waals surface area contributed by atoms with Crippen LogP contribution in [0.2, 0.25) is 0 Å². The van der Waals surface area contributed by atoms with Crippen LogP contribution in [0.15, 0.2) is 30.5 Å². The molecule has 1 N–H and O–H groups in total. The highest BCUT2D eigenvalue weighted by Gasteiger charge is 2.37. The molecule has 0 saturated heterocycles. The second kappa shape index (κ2) is 8.51. The van der Waals surface area contributed by atoms with E-state index in [4.69, 9.17) is 4.74 Å². The second-order valence-electron chi connectivity index (χ2n) is 9.50. The number of hydrogen-bond donors (Lipinski definition) is 1. The van der Waals surface area contributed by atoms with Gasteiger partial charge in [0.2, 0.25) is 11.8 Å². The maximum Gasteiger partial charge on any atom is 0.414 e. The first-order valence-electron chi connectivity index (χ1n) is 11.9. The molecule has 182 valence electrons. The van der Waals surface area contributed by atoms with E-state index < -0.39 is 18.1 Å². The molecule has 0 bridgehead atoms. The van der Waals surface area contributed by atoms with Crippen LogP contribution in [0.5, 0.6) is 0 Å². The number of halogens is 2. The minimum Gasteiger partial charge on any atom is -0.446 e. The van der Waals surface area contributed by atoms with Crippen LogP contribution in [0.1, 0.15) is 44.2 Å². The van der Waals surface area contributed by atoms with Crippen molar-refractivity contribution in [3.8, 4) is 11.1 Å². The fourth-order valence-electron chi connectivity index (χ4n) is 4.64. The second-order valence-corrected chi connectivity index (χ2v) is 10.5. The number of nitrogens with one attached hydrogen (secondary N) is 1. The Labute approximate surface area is 204 Å². The van der Waals surface area contributed by atoms with Gasteiger partial charge in [-0.1, -0.05) is 17.4 Å². The van der Waals surface area contributed by atoms with Gasteiger partial charge < -0.3 is 10.1 Å². The van der Waals surface area contributed by atoms with E-state index in [1.807, 2.05) is 24.3 Å². The molecule has 7 nitrogen and oxygen atoms in total. The van der Waals surface area contributed by atoms with Crippen LogP contribution in [0, 0.1) is 5.92 Å². The Hall–Kier alpha value is -3.14. The van der Waals surface area contributed by atoms with Crippen LogP contribution in [0.4, 0.5) is 24.4 Å². The summed E-state index contributed by atoms with van der Waals surface area (Å²) in [7, 11) is 0. The van der Waals surface area contributed by atoms with Gasteiger partial charge in [0.05, 0.1) is 21.6 Å². The third-order valence-corrected chi connectivity index (χ3v) is 7.80. The fourth-order valence-corrected chi connectivity index (χ4v) is 5.55. The number of amides is 2. The van der Waals surface area contributed by atoms with Crippen molar-refractivity contribution in [1.82, 2.24) is 9.97 Å². The van der Waals surface area contributed by atoms with Crippen LogP contribution in [-0.2, 0) is 16.0 Å². The smallest absolute Gasteiger partial charge is 0.414 e. The van der Waals surface area contributed by atoms with E-state index in [9.17, 15) is 18.4 Å². The van der Waals surface area contributed by atoms with Gasteiger partial charge in [0.1, 0.15) is 6.10 Å². The van der Waals surface area contributed by atoms with E-state index in [0.29, 0.717) is 23.8 Å². The van der Waals surface area contributed by atoms with Gasteiger partial charge in [-0.15, -0.1) is 0 Å². The zero-order valence-corrected chi connectivity index (χ0v) is 19.7. The molecule has 2 fully saturated rings. The molecule has 6 rings (SSSR count). The van der Waals surface area contributed by atoms with Crippen molar-refractivity contribution in [3.05, 3.63) is 36.2 Å². The zero-order chi connectivity index (χ0) is 24.2. The normalized spacial score (nSPS) is 19.5. The van der Waals surface area contributed by atoms with Gasteiger partial charge in [0, 0.05) is 43.5 Å². The Morgan fingerprint density at radius 1 is 1.11 bits per heavy atom. The lowest BCUT2D eigenvalue weighted by molar-refractivity contribution is -0.117. The van der Waals surface area contributed by atoms with Crippen LogP contribution < -0.4 is 10.2 Å². The molecular formula is C25H24F2N4O3S. The van der Waals surface area contributed by atoms with Gasteiger partial charge in [-0.25, -0.2) is 18.6 Å². The lowest BCUT2D eigenvalue weighted by atomic mass is 9.94. The number of rotatable bonds is 4. The van der Waals surface area contributed by atoms with Crippen molar-refractivity contribution in [3.63, 3.8) is 0 Å². The minimum atomic E-state index is -2.66. The Bertz CT molecular complexity index is 1310. The van der Waals surface area contributed by atoms with E-state index in [-0.39, 0.29) is 37.5 Å². The SMILES string of the molecule is O=C(Nc1nc2ccc(-c3cnc4c(c3)N(C(=O)OC3CCC(F)(F)CC3)CC4)cc2s1)C1CC1. The minimum absolute atomic E-state index is 0.0287. The molecule has 2 amide bonds. The third kappa shape index (κ3) is 4.59. The first-order chi connectivity index (χ1) is 16.8. The molecule has 10 heteroatoms. The maximum absolute atomic E-state index is 13.4. The molecule has 3 heterocycles. The number of aromatic nitrogens is 2. The summed E-state index contributed by atoms with van der Waals surface area (Å²) < 4.78 is 33.4. The summed E-state index contributed by atoms with van der Waals surface area (Å²) in [6.07, 6.45) is 3.14. The standard InChI is InChI=1S/C25H24F2N4O3S/c26-25(27)8-5-17(6-9-25)34-24(33)31-10-7-18-20(31)11-16(13-28-18)15-3-4-19-21(12-15)35-23(29-19)30-22(32)14-1-2-14/h3-4,11-14,17H,1-2,5-10H2,(H,29,30,32). The highest BCUT2D eigenvalue weighted by Crippen LogP contribution is 2.37. The fraction of sp³-hybridized carbons (Fsp3) is 0.440. The van der Waals surface area contributed by atoms with Gasteiger partial charge in [-0.05, 0) is 49.4 Å². The van der Waals surface area contributed by atoms with Crippen LogP contribution in [0.3, 0.4) is 0 Å². The number of nitrogens with zero attached hydrogens (tertiary/aromatic N) is 3. The number of carbonyl (C=O) groups is 2. The number of fused-ring (bicyclic) bond motifs is 2. The molecule has 0 atom stereocenters. The molecule has 1 aromatic carbocycles. The number of anilines is 2. The zero-order valence-electron chi connectivity index (χ0n) is 18.9. The summed E-state index contributed by atoms with van der Waals surface area (Å²) >= 11 is 1.43. The van der Waals surface area contributed by atoms with E-state index in [1.54, 1.807) is 11.1 Å². The predicted molar refractivity (Wildman–Crippen MR) is 129 cm³/mol. The Morgan fingerprint density at radius 3 is 2.69 bits per heavy atom. The molecule has 0 unspecified atom stereocenters. The van der Waals surface area contributed by atoms with Gasteiger partial charge in [0.15, 0.2) is 5.13 Å². The number of hydrogen-bond acceptors (Lipinski definition) is 6. The van der Waals surface area contributed by atoms with Gasteiger partial charge in [0.25, 0.3) is 0 Å². The van der Waals surface area contributed by atoms with Gasteiger partial charge >= 0.3 is 6.09 Å². The molecule has 0 spiro atoms. The summed E-state index contributed by atoms with van der Waals surface area (Å²) in [6.45, 7) is 0.450. The van der Waals surface area contributed by atoms with E-state index >= 15 is 0 Å². The molecule has 1 aliphatic heterocycles. The van der Waals surface area contributed by atoms with E-state index in [1.165, 1.54) is 11.3 Å². The Morgan fingerprint density at radius 2 is 1.91 bits per heavy atom. The third-order valence-electron chi connectivity index (χ3n) is 6.86. The molecule has 0 radical (unpaired) electrons. The highest BCUT2D eigenvalue weighted by atomic mass is 32.1. The van der Waals surface area contributed by atoms with Crippen molar-refractivity contribution < 1.29 is 23.1 Å². The number of benzene rings is 1. The number of ether oxygens (including phenoxy) is 1. The molecule has 3 aromatic rings. The summed E-state index contributed by atoms with van der Waals surface area (Å²) in [6, 6.07) is 7.77. The number of alkyl halides is 2. The quantitative estimate of drug-likeness (QED) is 0.493. The van der Waals surface area contributed by atoms with Crippen molar-refractivity contribution in [2.24, 2.45) is 5.92 Å². The van der Waals surface area contributed by atoms with E-state index in [0.717, 1.165) is 39.9 Å². The van der Waals surface area contributed by atoms with Crippen LogP contribution in [-0.4, -0.2) is 40.5 Å². The molecule has 2 aromatic heterocycles. The van der Waals surface area contributed by atoms with Crippen molar-refractivity contribution in [2.45, 2.75) is 57.0 Å². The largest absolute Gasteiger partial charge is 0.446 e. The van der Waals surface area contributed by atoms with Crippen molar-refractivity contribution in [2.75, 3.05) is 16.8 Å². The molecule has 35 heavy (non-hydrogen) atoms.